The third-order valence-electron chi connectivity index (χ3n) is 7.18. The first-order chi connectivity index (χ1) is 20.0. The highest BCUT2D eigenvalue weighted by Gasteiger charge is 2.26. The molecule has 2 N–H and O–H groups in total. The van der Waals surface area contributed by atoms with Gasteiger partial charge in [-0.05, 0) is 60.0 Å². The molecule has 0 aliphatic carbocycles. The monoisotopic (exact) mass is 549 g/mol. The second kappa shape index (κ2) is 12.5. The Bertz CT molecular complexity index is 1610. The first-order valence-corrected chi connectivity index (χ1v) is 13.4. The lowest BCUT2D eigenvalue weighted by Crippen LogP contribution is -2.18. The number of non-ortho nitro benzene ring substituents is 1. The predicted molar refractivity (Wildman–Crippen MR) is 158 cm³/mol. The molecule has 0 saturated heterocycles. The Kier molecular flexibility index (Phi) is 8.41. The maximum Gasteiger partial charge on any atom is 0.337 e. The second-order valence-electron chi connectivity index (χ2n) is 9.63. The third-order valence-corrected chi connectivity index (χ3v) is 7.18. The van der Waals surface area contributed by atoms with Crippen molar-refractivity contribution in [3.8, 4) is 5.75 Å². The van der Waals surface area contributed by atoms with Crippen LogP contribution < -0.4 is 10.5 Å². The quantitative estimate of drug-likeness (QED) is 0.121. The SMILES string of the molecule is COC(=O)c1ccc(OCCc2c(CCN)c3cc([N+](=O)[O-])ccc3n2C(c2ccccc2)c2ccccc2)cc1. The summed E-state index contributed by atoms with van der Waals surface area (Å²) in [6.07, 6.45) is 1.09. The Morgan fingerprint density at radius 3 is 2.10 bits per heavy atom. The smallest absolute Gasteiger partial charge is 0.337 e. The van der Waals surface area contributed by atoms with E-state index in [4.69, 9.17) is 15.2 Å². The van der Waals surface area contributed by atoms with Crippen molar-refractivity contribution < 1.29 is 19.2 Å². The van der Waals surface area contributed by atoms with Gasteiger partial charge in [0, 0.05) is 35.2 Å². The summed E-state index contributed by atoms with van der Waals surface area (Å²) in [7, 11) is 1.34. The molecule has 4 aromatic carbocycles. The molecule has 5 rings (SSSR count). The summed E-state index contributed by atoms with van der Waals surface area (Å²) < 4.78 is 13.2. The molecule has 8 nitrogen and oxygen atoms in total. The van der Waals surface area contributed by atoms with Gasteiger partial charge in [-0.1, -0.05) is 60.7 Å². The van der Waals surface area contributed by atoms with E-state index >= 15 is 0 Å². The lowest BCUT2D eigenvalue weighted by molar-refractivity contribution is -0.384. The minimum absolute atomic E-state index is 0.0392. The van der Waals surface area contributed by atoms with Gasteiger partial charge >= 0.3 is 5.97 Å². The Morgan fingerprint density at radius 1 is 0.902 bits per heavy atom. The zero-order valence-corrected chi connectivity index (χ0v) is 22.7. The fraction of sp³-hybridized carbons (Fsp3) is 0.182. The summed E-state index contributed by atoms with van der Waals surface area (Å²) in [6, 6.07) is 32.1. The molecule has 0 saturated carbocycles. The van der Waals surface area contributed by atoms with E-state index in [1.54, 1.807) is 36.4 Å². The van der Waals surface area contributed by atoms with Crippen molar-refractivity contribution in [1.29, 1.82) is 0 Å². The van der Waals surface area contributed by atoms with Crippen LogP contribution in [0.25, 0.3) is 10.9 Å². The van der Waals surface area contributed by atoms with Gasteiger partial charge in [0.15, 0.2) is 0 Å². The molecule has 0 fully saturated rings. The number of methoxy groups -OCH3 is 1. The molecule has 0 amide bonds. The van der Waals surface area contributed by atoms with Crippen molar-refractivity contribution in [2.75, 3.05) is 20.3 Å². The van der Waals surface area contributed by atoms with Crippen LogP contribution >= 0.6 is 0 Å². The van der Waals surface area contributed by atoms with E-state index in [1.165, 1.54) is 7.11 Å². The number of carbonyl (C=O) groups excluding carboxylic acids is 1. The minimum Gasteiger partial charge on any atom is -0.493 e. The van der Waals surface area contributed by atoms with Gasteiger partial charge in [0.05, 0.1) is 30.2 Å². The van der Waals surface area contributed by atoms with E-state index in [-0.39, 0.29) is 16.7 Å². The van der Waals surface area contributed by atoms with Gasteiger partial charge in [-0.2, -0.15) is 0 Å². The number of carbonyl (C=O) groups is 1. The molecule has 8 heteroatoms. The summed E-state index contributed by atoms with van der Waals surface area (Å²) >= 11 is 0. The highest BCUT2D eigenvalue weighted by molar-refractivity contribution is 5.89. The molecular formula is C33H31N3O5. The molecule has 208 valence electrons. The van der Waals surface area contributed by atoms with Gasteiger partial charge in [0.1, 0.15) is 5.75 Å². The van der Waals surface area contributed by atoms with Crippen LogP contribution in [-0.4, -0.2) is 35.7 Å². The van der Waals surface area contributed by atoms with Crippen molar-refractivity contribution in [3.05, 3.63) is 141 Å². The number of aromatic nitrogens is 1. The van der Waals surface area contributed by atoms with Crippen molar-refractivity contribution in [2.45, 2.75) is 18.9 Å². The van der Waals surface area contributed by atoms with Crippen molar-refractivity contribution in [2.24, 2.45) is 5.73 Å². The maximum atomic E-state index is 11.8. The fourth-order valence-corrected chi connectivity index (χ4v) is 5.36. The summed E-state index contributed by atoms with van der Waals surface area (Å²) in [4.78, 5) is 23.1. The average molecular weight is 550 g/mol. The number of ether oxygens (including phenoxy) is 2. The first kappa shape index (κ1) is 27.6. The van der Waals surface area contributed by atoms with Crippen LogP contribution in [0.4, 0.5) is 5.69 Å². The highest BCUT2D eigenvalue weighted by atomic mass is 16.6. The Labute approximate surface area is 238 Å². The second-order valence-corrected chi connectivity index (χ2v) is 9.63. The van der Waals surface area contributed by atoms with Crippen LogP contribution in [0.5, 0.6) is 5.75 Å². The highest BCUT2D eigenvalue weighted by Crippen LogP contribution is 2.38. The molecule has 0 radical (unpaired) electrons. The van der Waals surface area contributed by atoms with E-state index in [2.05, 4.69) is 28.8 Å². The molecule has 5 aromatic rings. The summed E-state index contributed by atoms with van der Waals surface area (Å²) in [5.41, 5.74) is 11.6. The van der Waals surface area contributed by atoms with Gasteiger partial charge in [0.25, 0.3) is 5.69 Å². The lowest BCUT2D eigenvalue weighted by atomic mass is 9.97. The largest absolute Gasteiger partial charge is 0.493 e. The van der Waals surface area contributed by atoms with E-state index < -0.39 is 5.97 Å². The normalized spacial score (nSPS) is 11.1. The molecule has 41 heavy (non-hydrogen) atoms. The van der Waals surface area contributed by atoms with Gasteiger partial charge in [-0.15, -0.1) is 0 Å². The summed E-state index contributed by atoms with van der Waals surface area (Å²) in [5.74, 6) is 0.216. The maximum absolute atomic E-state index is 11.8. The van der Waals surface area contributed by atoms with Crippen LogP contribution in [0.1, 0.15) is 38.8 Å². The number of benzene rings is 4. The van der Waals surface area contributed by atoms with Crippen LogP contribution in [0.15, 0.2) is 103 Å². The molecular weight excluding hydrogens is 518 g/mol. The number of nitrogens with zero attached hydrogens (tertiary/aromatic N) is 2. The van der Waals surface area contributed by atoms with Crippen LogP contribution in [0.3, 0.4) is 0 Å². The van der Waals surface area contributed by atoms with Gasteiger partial charge in [-0.3, -0.25) is 10.1 Å². The number of rotatable bonds is 11. The number of hydrogen-bond acceptors (Lipinski definition) is 6. The molecule has 1 aromatic heterocycles. The zero-order valence-electron chi connectivity index (χ0n) is 22.7. The van der Waals surface area contributed by atoms with E-state index in [1.807, 2.05) is 42.5 Å². The van der Waals surface area contributed by atoms with Crippen molar-refractivity contribution >= 4 is 22.6 Å². The molecule has 0 bridgehead atoms. The molecule has 1 heterocycles. The van der Waals surface area contributed by atoms with E-state index in [0.717, 1.165) is 33.3 Å². The predicted octanol–water partition coefficient (Wildman–Crippen LogP) is 6.10. The Hall–Kier alpha value is -4.95. The summed E-state index contributed by atoms with van der Waals surface area (Å²) in [5, 5.41) is 12.5. The lowest BCUT2D eigenvalue weighted by Gasteiger charge is -2.25. The van der Waals surface area contributed by atoms with E-state index in [0.29, 0.717) is 37.3 Å². The standard InChI is InChI=1S/C33H31N3O5/c1-40-33(37)25-12-15-27(16-13-25)41-21-19-31-28(18-20-34)29-22-26(36(38)39)14-17-30(29)35(31)32(23-8-4-2-5-9-23)24-10-6-3-7-11-24/h2-17,22,32H,18-21,34H2,1H3. The average Bonchev–Trinajstić information content (AvgIpc) is 3.30. The number of esters is 1. The summed E-state index contributed by atoms with van der Waals surface area (Å²) in [6.45, 7) is 0.746. The van der Waals surface area contributed by atoms with Gasteiger partial charge in [0.2, 0.25) is 0 Å². The van der Waals surface area contributed by atoms with Gasteiger partial charge < -0.3 is 19.8 Å². The van der Waals surface area contributed by atoms with Gasteiger partial charge in [-0.25, -0.2) is 4.79 Å². The Balaban J connectivity index is 1.63. The van der Waals surface area contributed by atoms with Crippen molar-refractivity contribution in [3.63, 3.8) is 0 Å². The topological polar surface area (TPSA) is 110 Å². The number of fused-ring (bicyclic) bond motifs is 1. The Morgan fingerprint density at radius 2 is 1.54 bits per heavy atom. The van der Waals surface area contributed by atoms with E-state index in [9.17, 15) is 14.9 Å². The molecule has 0 aliphatic heterocycles. The molecule has 0 spiro atoms. The molecule has 0 atom stereocenters. The van der Waals surface area contributed by atoms with Crippen LogP contribution in [-0.2, 0) is 17.6 Å². The zero-order chi connectivity index (χ0) is 28.8. The number of nitro benzene ring substituents is 1. The minimum atomic E-state index is -0.408. The number of hydrogen-bond donors (Lipinski definition) is 1. The molecule has 0 unspecified atom stereocenters. The van der Waals surface area contributed by atoms with Crippen molar-refractivity contribution in [1.82, 2.24) is 4.57 Å². The first-order valence-electron chi connectivity index (χ1n) is 13.4. The molecule has 0 aliphatic rings. The fourth-order valence-electron chi connectivity index (χ4n) is 5.36. The number of nitrogens with two attached hydrogens (primary N) is 1. The third kappa shape index (κ3) is 5.83. The van der Waals surface area contributed by atoms with Crippen LogP contribution in [0.2, 0.25) is 0 Å². The van der Waals surface area contributed by atoms with Crippen LogP contribution in [0, 0.1) is 10.1 Å². The number of nitro groups is 1.